The quantitative estimate of drug-likeness (QED) is 0.794. The normalized spacial score (nSPS) is 11.2. The van der Waals surface area contributed by atoms with Crippen LogP contribution in [0.2, 0.25) is 0 Å². The second-order valence-electron chi connectivity index (χ2n) is 4.55. The smallest absolute Gasteiger partial charge is 0.262 e. The Kier molecular flexibility index (Phi) is 3.98. The maximum atomic E-state index is 13.6. The number of nitrogens with one attached hydrogen (secondary N) is 1. The van der Waals surface area contributed by atoms with Crippen molar-refractivity contribution in [2.45, 2.75) is 4.90 Å². The first-order chi connectivity index (χ1) is 11.1. The molecule has 0 saturated carbocycles. The van der Waals surface area contributed by atoms with Gasteiger partial charge in [-0.1, -0.05) is 18.2 Å². The Morgan fingerprint density at radius 1 is 0.870 bits per heavy atom. The van der Waals surface area contributed by atoms with Crippen LogP contribution in [-0.4, -0.2) is 23.6 Å². The zero-order valence-corrected chi connectivity index (χ0v) is 12.5. The molecule has 2 aromatic heterocycles. The van der Waals surface area contributed by atoms with Crippen LogP contribution in [0.25, 0.3) is 11.4 Å². The van der Waals surface area contributed by atoms with E-state index in [2.05, 4.69) is 19.9 Å². The summed E-state index contributed by atoms with van der Waals surface area (Å²) in [5.74, 6) is -0.842. The molecule has 0 aliphatic heterocycles. The Hall–Kier alpha value is -2.87. The summed E-state index contributed by atoms with van der Waals surface area (Å²) in [5, 5.41) is 7.71. The SMILES string of the molecule is O=S(=O)(Nc1ccc(-c2ccccn2)nn1)c1ccccc1F. The summed E-state index contributed by atoms with van der Waals surface area (Å²) in [7, 11) is -4.06. The number of pyridine rings is 1. The molecule has 116 valence electrons. The molecule has 0 amide bonds. The lowest BCUT2D eigenvalue weighted by atomic mass is 10.2. The zero-order chi connectivity index (χ0) is 16.3. The largest absolute Gasteiger partial charge is 0.266 e. The zero-order valence-electron chi connectivity index (χ0n) is 11.7. The number of rotatable bonds is 4. The van der Waals surface area contributed by atoms with Gasteiger partial charge in [0.1, 0.15) is 16.4 Å². The standard InChI is InChI=1S/C15H11FN4O2S/c16-11-5-1-2-7-14(11)23(21,22)20-15-9-8-13(18-19-15)12-6-3-4-10-17-12/h1-10H,(H,19,20). The molecule has 2 heterocycles. The fraction of sp³-hybridized carbons (Fsp3) is 0. The Labute approximate surface area is 132 Å². The second kappa shape index (κ2) is 6.09. The van der Waals surface area contributed by atoms with Gasteiger partial charge in [-0.3, -0.25) is 9.71 Å². The van der Waals surface area contributed by atoms with Gasteiger partial charge in [-0.05, 0) is 36.4 Å². The number of anilines is 1. The molecule has 0 bridgehead atoms. The Bertz CT molecular complexity index is 916. The molecule has 3 aromatic rings. The van der Waals surface area contributed by atoms with Gasteiger partial charge in [-0.15, -0.1) is 10.2 Å². The second-order valence-corrected chi connectivity index (χ2v) is 6.21. The molecule has 1 aromatic carbocycles. The van der Waals surface area contributed by atoms with E-state index in [1.807, 2.05) is 0 Å². The van der Waals surface area contributed by atoms with Crippen LogP contribution in [0.4, 0.5) is 10.2 Å². The summed E-state index contributed by atoms with van der Waals surface area (Å²) in [6.07, 6.45) is 1.62. The van der Waals surface area contributed by atoms with Crippen molar-refractivity contribution in [3.63, 3.8) is 0 Å². The van der Waals surface area contributed by atoms with Crippen molar-refractivity contribution in [2.75, 3.05) is 4.72 Å². The maximum Gasteiger partial charge on any atom is 0.266 e. The van der Waals surface area contributed by atoms with E-state index in [4.69, 9.17) is 0 Å². The summed E-state index contributed by atoms with van der Waals surface area (Å²) >= 11 is 0. The first kappa shape index (κ1) is 15.0. The number of hydrogen-bond acceptors (Lipinski definition) is 5. The third-order valence-corrected chi connectivity index (χ3v) is 4.34. The van der Waals surface area contributed by atoms with E-state index in [0.29, 0.717) is 11.4 Å². The minimum atomic E-state index is -4.06. The van der Waals surface area contributed by atoms with Gasteiger partial charge in [0.05, 0.1) is 5.69 Å². The van der Waals surface area contributed by atoms with Crippen molar-refractivity contribution in [2.24, 2.45) is 0 Å². The molecular weight excluding hydrogens is 319 g/mol. The third-order valence-electron chi connectivity index (χ3n) is 2.96. The van der Waals surface area contributed by atoms with Crippen LogP contribution in [0.5, 0.6) is 0 Å². The number of halogens is 1. The maximum absolute atomic E-state index is 13.6. The lowest BCUT2D eigenvalue weighted by Gasteiger charge is -2.07. The molecule has 1 N–H and O–H groups in total. The molecule has 23 heavy (non-hydrogen) atoms. The Morgan fingerprint density at radius 3 is 2.30 bits per heavy atom. The number of sulfonamides is 1. The highest BCUT2D eigenvalue weighted by Gasteiger charge is 2.19. The first-order valence-electron chi connectivity index (χ1n) is 6.59. The molecule has 0 spiro atoms. The number of nitrogens with zero attached hydrogens (tertiary/aromatic N) is 3. The van der Waals surface area contributed by atoms with E-state index in [9.17, 15) is 12.8 Å². The van der Waals surface area contributed by atoms with Gasteiger partial charge < -0.3 is 0 Å². The average molecular weight is 330 g/mol. The van der Waals surface area contributed by atoms with E-state index in [1.165, 1.54) is 24.3 Å². The van der Waals surface area contributed by atoms with Crippen LogP contribution in [0.15, 0.2) is 65.7 Å². The minimum Gasteiger partial charge on any atom is -0.262 e. The van der Waals surface area contributed by atoms with Gasteiger partial charge >= 0.3 is 0 Å². The van der Waals surface area contributed by atoms with Crippen molar-refractivity contribution in [3.05, 3.63) is 66.6 Å². The fourth-order valence-electron chi connectivity index (χ4n) is 1.89. The molecule has 0 aliphatic rings. The van der Waals surface area contributed by atoms with Crippen LogP contribution >= 0.6 is 0 Å². The van der Waals surface area contributed by atoms with E-state index in [-0.39, 0.29) is 5.82 Å². The van der Waals surface area contributed by atoms with Crippen LogP contribution in [0.1, 0.15) is 0 Å². The summed E-state index contributed by atoms with van der Waals surface area (Å²) in [5.41, 5.74) is 1.11. The van der Waals surface area contributed by atoms with E-state index < -0.39 is 20.7 Å². The molecule has 0 saturated heterocycles. The Morgan fingerprint density at radius 2 is 1.65 bits per heavy atom. The van der Waals surface area contributed by atoms with Crippen molar-refractivity contribution >= 4 is 15.8 Å². The predicted molar refractivity (Wildman–Crippen MR) is 82.5 cm³/mol. The fourth-order valence-corrected chi connectivity index (χ4v) is 2.97. The van der Waals surface area contributed by atoms with E-state index in [1.54, 1.807) is 30.5 Å². The number of aromatic nitrogens is 3. The molecule has 6 nitrogen and oxygen atoms in total. The van der Waals surface area contributed by atoms with Crippen molar-refractivity contribution in [1.29, 1.82) is 0 Å². The van der Waals surface area contributed by atoms with Gasteiger partial charge in [-0.25, -0.2) is 12.8 Å². The number of benzene rings is 1. The molecule has 0 atom stereocenters. The van der Waals surface area contributed by atoms with Gasteiger partial charge in [0, 0.05) is 6.20 Å². The molecule has 0 radical (unpaired) electrons. The topological polar surface area (TPSA) is 84.8 Å². The highest BCUT2D eigenvalue weighted by atomic mass is 32.2. The lowest BCUT2D eigenvalue weighted by molar-refractivity contribution is 0.570. The van der Waals surface area contributed by atoms with Crippen LogP contribution in [-0.2, 0) is 10.0 Å². The van der Waals surface area contributed by atoms with E-state index in [0.717, 1.165) is 6.07 Å². The van der Waals surface area contributed by atoms with Crippen LogP contribution in [0.3, 0.4) is 0 Å². The monoisotopic (exact) mass is 330 g/mol. The highest BCUT2D eigenvalue weighted by molar-refractivity contribution is 7.92. The van der Waals surface area contributed by atoms with Gasteiger partial charge in [0.25, 0.3) is 10.0 Å². The predicted octanol–water partition coefficient (Wildman–Crippen LogP) is 2.48. The van der Waals surface area contributed by atoms with Crippen molar-refractivity contribution < 1.29 is 12.8 Å². The summed E-state index contributed by atoms with van der Waals surface area (Å²) in [6, 6.07) is 13.4. The van der Waals surface area contributed by atoms with Crippen molar-refractivity contribution in [1.82, 2.24) is 15.2 Å². The highest BCUT2D eigenvalue weighted by Crippen LogP contribution is 2.18. The first-order valence-corrected chi connectivity index (χ1v) is 8.07. The number of hydrogen-bond donors (Lipinski definition) is 1. The Balaban J connectivity index is 1.85. The average Bonchev–Trinajstić information content (AvgIpc) is 2.56. The van der Waals surface area contributed by atoms with Gasteiger partial charge in [0.2, 0.25) is 0 Å². The molecule has 3 rings (SSSR count). The summed E-state index contributed by atoms with van der Waals surface area (Å²) in [6.45, 7) is 0. The molecule has 0 fully saturated rings. The van der Waals surface area contributed by atoms with Gasteiger partial charge in [-0.2, -0.15) is 0 Å². The molecule has 0 aliphatic carbocycles. The summed E-state index contributed by atoms with van der Waals surface area (Å²) < 4.78 is 40.1. The van der Waals surface area contributed by atoms with Crippen LogP contribution in [0, 0.1) is 5.82 Å². The van der Waals surface area contributed by atoms with Gasteiger partial charge in [0.15, 0.2) is 5.82 Å². The minimum absolute atomic E-state index is 0.00654. The van der Waals surface area contributed by atoms with Crippen LogP contribution < -0.4 is 4.72 Å². The third kappa shape index (κ3) is 3.32. The van der Waals surface area contributed by atoms with E-state index >= 15 is 0 Å². The lowest BCUT2D eigenvalue weighted by Crippen LogP contribution is -2.15. The van der Waals surface area contributed by atoms with Crippen molar-refractivity contribution in [3.8, 4) is 11.4 Å². The molecule has 8 heteroatoms. The summed E-state index contributed by atoms with van der Waals surface area (Å²) in [4.78, 5) is 3.67. The molecule has 0 unspecified atom stereocenters. The molecular formula is C15H11FN4O2S.